The van der Waals surface area contributed by atoms with Gasteiger partial charge in [0.15, 0.2) is 5.00 Å². The molecule has 0 unspecified atom stereocenters. The lowest BCUT2D eigenvalue weighted by atomic mass is 9.45. The number of alkyl halides is 1. The second kappa shape index (κ2) is 4.94. The molecule has 0 aromatic carbocycles. The Labute approximate surface area is 139 Å². The number of rotatable bonds is 1. The highest BCUT2D eigenvalue weighted by Gasteiger charge is 2.65. The number of hydrogen-bond acceptors (Lipinski definition) is 2. The third-order valence-electron chi connectivity index (χ3n) is 8.78. The molecule has 0 saturated heterocycles. The zero-order valence-electron chi connectivity index (χ0n) is 14.1. The fourth-order valence-corrected chi connectivity index (χ4v) is 7.75. The first-order chi connectivity index (χ1) is 10.4. The highest BCUT2D eigenvalue weighted by Crippen LogP contribution is 2.69. The topological polar surface area (TPSA) is 29.4 Å². The maximum atomic E-state index is 11.5. The number of halogens is 1. The Bertz CT molecular complexity index is 482. The van der Waals surface area contributed by atoms with Crippen molar-refractivity contribution in [2.75, 3.05) is 0 Å². The molecule has 4 aliphatic rings. The van der Waals surface area contributed by atoms with Crippen LogP contribution in [0.25, 0.3) is 0 Å². The number of fused-ring (bicyclic) bond motifs is 5. The average molecular weight is 324 g/mol. The SMILES string of the molecule is C[C@]12CCCC[C@@H]1CC[C@@H]1[C@@H]2CC[C@]2(C)[C@H]1CC[C@]2(Cl)N=O. The molecule has 4 aliphatic carbocycles. The minimum absolute atomic E-state index is 0.0602. The quantitative estimate of drug-likeness (QED) is 0.324. The predicted octanol–water partition coefficient (Wildman–Crippen LogP) is 6.12. The van der Waals surface area contributed by atoms with Crippen molar-refractivity contribution in [2.24, 2.45) is 39.7 Å². The molecule has 4 saturated carbocycles. The average Bonchev–Trinajstić information content (AvgIpc) is 2.79. The Morgan fingerprint density at radius 3 is 2.45 bits per heavy atom. The summed E-state index contributed by atoms with van der Waals surface area (Å²) in [5.74, 6) is 3.25. The van der Waals surface area contributed by atoms with Crippen molar-refractivity contribution in [1.29, 1.82) is 0 Å². The van der Waals surface area contributed by atoms with Gasteiger partial charge in [-0.3, -0.25) is 0 Å². The summed E-state index contributed by atoms with van der Waals surface area (Å²) in [6.45, 7) is 4.86. The van der Waals surface area contributed by atoms with E-state index in [0.29, 0.717) is 11.3 Å². The van der Waals surface area contributed by atoms with Gasteiger partial charge in [0, 0.05) is 5.41 Å². The minimum Gasteiger partial charge on any atom is -0.149 e. The lowest BCUT2D eigenvalue weighted by molar-refractivity contribution is -0.107. The lowest BCUT2D eigenvalue weighted by Gasteiger charge is -2.60. The van der Waals surface area contributed by atoms with E-state index in [-0.39, 0.29) is 5.41 Å². The van der Waals surface area contributed by atoms with Gasteiger partial charge >= 0.3 is 0 Å². The molecule has 0 aromatic rings. The maximum absolute atomic E-state index is 11.5. The zero-order valence-corrected chi connectivity index (χ0v) is 14.9. The molecule has 22 heavy (non-hydrogen) atoms. The van der Waals surface area contributed by atoms with Crippen molar-refractivity contribution in [3.63, 3.8) is 0 Å². The van der Waals surface area contributed by atoms with E-state index in [1.165, 1.54) is 44.9 Å². The van der Waals surface area contributed by atoms with Crippen LogP contribution in [0.3, 0.4) is 0 Å². The smallest absolute Gasteiger partial charge is 0.149 e. The molecule has 4 fully saturated rings. The first-order valence-electron chi connectivity index (χ1n) is 9.48. The van der Waals surface area contributed by atoms with Crippen LogP contribution >= 0.6 is 11.6 Å². The molecule has 0 radical (unpaired) electrons. The molecule has 0 heterocycles. The third-order valence-corrected chi connectivity index (χ3v) is 9.47. The highest BCUT2D eigenvalue weighted by molar-refractivity contribution is 6.24. The second-order valence-corrected chi connectivity index (χ2v) is 9.87. The highest BCUT2D eigenvalue weighted by atomic mass is 35.5. The van der Waals surface area contributed by atoms with Gasteiger partial charge in [-0.2, -0.15) is 0 Å². The summed E-state index contributed by atoms with van der Waals surface area (Å²) in [6, 6.07) is 0. The van der Waals surface area contributed by atoms with Crippen molar-refractivity contribution in [3.05, 3.63) is 4.91 Å². The van der Waals surface area contributed by atoms with Crippen molar-refractivity contribution < 1.29 is 0 Å². The molecule has 124 valence electrons. The van der Waals surface area contributed by atoms with Crippen LogP contribution in [0.5, 0.6) is 0 Å². The zero-order chi connectivity index (χ0) is 15.6. The molecule has 0 bridgehead atoms. The fraction of sp³-hybridized carbons (Fsp3) is 1.00. The standard InChI is InChI=1S/C19H30ClNO/c1-17-10-4-3-5-13(17)6-7-14-15(17)8-11-18(2)16(14)9-12-19(18,20)21-22/h13-16H,3-12H2,1-2H3/t13-,14-,15+,16+,17+,18-,19+/m1/s1. The summed E-state index contributed by atoms with van der Waals surface area (Å²) >= 11 is 6.69. The molecular weight excluding hydrogens is 294 g/mol. The van der Waals surface area contributed by atoms with Gasteiger partial charge in [-0.15, -0.1) is 4.91 Å². The van der Waals surface area contributed by atoms with Crippen molar-refractivity contribution in [2.45, 2.75) is 83.1 Å². The first-order valence-corrected chi connectivity index (χ1v) is 9.86. The van der Waals surface area contributed by atoms with E-state index in [2.05, 4.69) is 19.0 Å². The molecular formula is C19H30ClNO. The number of nitrogens with zero attached hydrogens (tertiary/aromatic N) is 1. The van der Waals surface area contributed by atoms with Crippen LogP contribution in [0.2, 0.25) is 0 Å². The van der Waals surface area contributed by atoms with E-state index < -0.39 is 5.00 Å². The number of nitroso groups, excluding NO2 is 1. The minimum atomic E-state index is -0.826. The Hall–Kier alpha value is -0.110. The van der Waals surface area contributed by atoms with Crippen LogP contribution in [-0.4, -0.2) is 5.00 Å². The summed E-state index contributed by atoms with van der Waals surface area (Å²) < 4.78 is 0. The number of hydrogen-bond donors (Lipinski definition) is 0. The van der Waals surface area contributed by atoms with Crippen molar-refractivity contribution in [1.82, 2.24) is 0 Å². The van der Waals surface area contributed by atoms with Gasteiger partial charge in [0.2, 0.25) is 0 Å². The summed E-state index contributed by atoms with van der Waals surface area (Å²) in [6.07, 6.45) is 12.8. The van der Waals surface area contributed by atoms with Crippen LogP contribution in [0, 0.1) is 39.4 Å². The molecule has 2 nitrogen and oxygen atoms in total. The molecule has 0 amide bonds. The normalized spacial score (nSPS) is 57.6. The second-order valence-electron chi connectivity index (χ2n) is 9.25. The van der Waals surface area contributed by atoms with Crippen LogP contribution in [-0.2, 0) is 0 Å². The van der Waals surface area contributed by atoms with E-state index in [9.17, 15) is 4.91 Å². The van der Waals surface area contributed by atoms with Crippen LogP contribution in [0.4, 0.5) is 0 Å². The molecule has 0 spiro atoms. The first kappa shape index (κ1) is 15.4. The van der Waals surface area contributed by atoms with Crippen LogP contribution in [0.1, 0.15) is 78.1 Å². The van der Waals surface area contributed by atoms with E-state index in [0.717, 1.165) is 37.0 Å². The van der Waals surface area contributed by atoms with Gasteiger partial charge in [-0.1, -0.05) is 38.3 Å². The van der Waals surface area contributed by atoms with Crippen LogP contribution in [0.15, 0.2) is 5.18 Å². The molecule has 0 aromatic heterocycles. The van der Waals surface area contributed by atoms with E-state index in [1.54, 1.807) is 0 Å². The van der Waals surface area contributed by atoms with Crippen LogP contribution < -0.4 is 0 Å². The van der Waals surface area contributed by atoms with E-state index >= 15 is 0 Å². The summed E-state index contributed by atoms with van der Waals surface area (Å²) in [7, 11) is 0. The molecule has 4 rings (SSSR count). The summed E-state index contributed by atoms with van der Waals surface area (Å²) in [4.78, 5) is 10.6. The maximum Gasteiger partial charge on any atom is 0.181 e. The van der Waals surface area contributed by atoms with E-state index in [1.807, 2.05) is 0 Å². The summed E-state index contributed by atoms with van der Waals surface area (Å²) in [5, 5.41) is 3.43. The van der Waals surface area contributed by atoms with Crippen molar-refractivity contribution in [3.8, 4) is 0 Å². The Balaban J connectivity index is 1.66. The van der Waals surface area contributed by atoms with E-state index in [4.69, 9.17) is 11.6 Å². The van der Waals surface area contributed by atoms with Gasteiger partial charge in [-0.05, 0) is 85.6 Å². The molecule has 0 N–H and O–H groups in total. The van der Waals surface area contributed by atoms with Gasteiger partial charge in [0.25, 0.3) is 0 Å². The Kier molecular flexibility index (Phi) is 3.46. The van der Waals surface area contributed by atoms with Gasteiger partial charge in [0.05, 0.1) is 0 Å². The van der Waals surface area contributed by atoms with Gasteiger partial charge < -0.3 is 0 Å². The third kappa shape index (κ3) is 1.79. The molecule has 7 atom stereocenters. The van der Waals surface area contributed by atoms with Gasteiger partial charge in [0.1, 0.15) is 0 Å². The van der Waals surface area contributed by atoms with Crippen molar-refractivity contribution >= 4 is 11.6 Å². The molecule has 0 aliphatic heterocycles. The summed E-state index contributed by atoms with van der Waals surface area (Å²) in [5.41, 5.74) is 0.504. The monoisotopic (exact) mass is 323 g/mol. The Morgan fingerprint density at radius 1 is 0.909 bits per heavy atom. The lowest BCUT2D eigenvalue weighted by Crippen LogP contribution is -2.54. The van der Waals surface area contributed by atoms with Gasteiger partial charge in [-0.25, -0.2) is 0 Å². The largest absolute Gasteiger partial charge is 0.181 e. The predicted molar refractivity (Wildman–Crippen MR) is 90.7 cm³/mol. The molecule has 3 heteroatoms. The Morgan fingerprint density at radius 2 is 1.68 bits per heavy atom. The fourth-order valence-electron chi connectivity index (χ4n) is 7.41.